The van der Waals surface area contributed by atoms with Crippen molar-refractivity contribution in [1.29, 1.82) is 0 Å². The molecule has 3 rings (SSSR count). The molecule has 230 valence electrons. The average molecular weight is 594 g/mol. The molecule has 1 aliphatic rings. The Morgan fingerprint density at radius 3 is 2.33 bits per heavy atom. The molecule has 10 nitrogen and oxygen atoms in total. The Balaban J connectivity index is 1.83. The second kappa shape index (κ2) is 13.8. The van der Waals surface area contributed by atoms with Crippen LogP contribution in [0.3, 0.4) is 0 Å². The molecule has 5 amide bonds. The minimum atomic E-state index is -4.49. The van der Waals surface area contributed by atoms with Gasteiger partial charge in [0.2, 0.25) is 5.91 Å². The van der Waals surface area contributed by atoms with Gasteiger partial charge < -0.3 is 35.6 Å². The molecule has 0 bridgehead atoms. The van der Waals surface area contributed by atoms with E-state index in [4.69, 9.17) is 4.74 Å². The number of hydrogen-bond donors (Lipinski definition) is 4. The fourth-order valence-corrected chi connectivity index (χ4v) is 4.47. The maximum Gasteiger partial charge on any atom is 0.416 e. The number of ether oxygens (including phenoxy) is 1. The number of rotatable bonds is 7. The molecule has 2 aromatic carbocycles. The summed E-state index contributed by atoms with van der Waals surface area (Å²) >= 11 is 0. The van der Waals surface area contributed by atoms with Crippen molar-refractivity contribution in [3.05, 3.63) is 53.6 Å². The maximum absolute atomic E-state index is 13.3. The summed E-state index contributed by atoms with van der Waals surface area (Å²) in [6.07, 6.45) is -5.13. The van der Waals surface area contributed by atoms with Crippen molar-refractivity contribution < 1.29 is 37.4 Å². The number of urea groups is 2. The third kappa shape index (κ3) is 8.75. The second-order valence-corrected chi connectivity index (χ2v) is 10.8. The number of aliphatic hydroxyl groups is 1. The molecule has 0 radical (unpaired) electrons. The van der Waals surface area contributed by atoms with Crippen LogP contribution in [-0.4, -0.2) is 77.8 Å². The van der Waals surface area contributed by atoms with Gasteiger partial charge in [-0.1, -0.05) is 6.92 Å². The molecule has 3 atom stereocenters. The number of likely N-dealkylation sites (N-methyl/N-ethyl adjacent to an activating group) is 1. The van der Waals surface area contributed by atoms with Gasteiger partial charge in [-0.15, -0.1) is 0 Å². The largest absolute Gasteiger partial charge is 0.488 e. The van der Waals surface area contributed by atoms with E-state index in [-0.39, 0.29) is 49.7 Å². The summed E-state index contributed by atoms with van der Waals surface area (Å²) < 4.78 is 45.0. The van der Waals surface area contributed by atoms with Crippen LogP contribution in [0, 0.1) is 5.92 Å². The number of hydrogen-bond acceptors (Lipinski definition) is 5. The SMILES string of the molecule is CC(C)NC(=O)Nc1ccc2c(c1)CC(=O)N([C@@H](C)CO)C[C@@H](C)[C@@H](CN(C)C(=O)Nc1ccc(C(F)(F)F)cc1)O2. The Hall–Kier alpha value is -4.00. The summed E-state index contributed by atoms with van der Waals surface area (Å²) in [6, 6.07) is 7.59. The van der Waals surface area contributed by atoms with Gasteiger partial charge in [-0.2, -0.15) is 13.2 Å². The number of amides is 5. The van der Waals surface area contributed by atoms with Crippen molar-refractivity contribution in [2.75, 3.05) is 37.4 Å². The predicted molar refractivity (Wildman–Crippen MR) is 152 cm³/mol. The molecule has 0 aromatic heterocycles. The van der Waals surface area contributed by atoms with E-state index in [1.807, 2.05) is 20.8 Å². The molecular formula is C29H38F3N5O5. The van der Waals surface area contributed by atoms with Gasteiger partial charge in [-0.25, -0.2) is 9.59 Å². The van der Waals surface area contributed by atoms with Crippen molar-refractivity contribution in [2.24, 2.45) is 5.92 Å². The lowest BCUT2D eigenvalue weighted by molar-refractivity contribution is -0.137. The maximum atomic E-state index is 13.3. The molecule has 2 aromatic rings. The monoisotopic (exact) mass is 593 g/mol. The molecule has 42 heavy (non-hydrogen) atoms. The van der Waals surface area contributed by atoms with Crippen molar-refractivity contribution >= 4 is 29.3 Å². The highest BCUT2D eigenvalue weighted by atomic mass is 19.4. The normalized spacial score (nSPS) is 18.1. The molecule has 4 N–H and O–H groups in total. The predicted octanol–water partition coefficient (Wildman–Crippen LogP) is 4.55. The minimum absolute atomic E-state index is 0.0370. The number of aliphatic hydroxyl groups excluding tert-OH is 1. The Kier molecular flexibility index (Phi) is 10.7. The van der Waals surface area contributed by atoms with Gasteiger partial charge >= 0.3 is 18.2 Å². The Morgan fingerprint density at radius 2 is 1.74 bits per heavy atom. The van der Waals surface area contributed by atoms with Gasteiger partial charge in [0.05, 0.1) is 31.2 Å². The molecule has 0 spiro atoms. The van der Waals surface area contributed by atoms with Crippen LogP contribution in [0.1, 0.15) is 38.8 Å². The first-order valence-corrected chi connectivity index (χ1v) is 13.6. The number of nitrogens with one attached hydrogen (secondary N) is 3. The number of fused-ring (bicyclic) bond motifs is 1. The fourth-order valence-electron chi connectivity index (χ4n) is 4.47. The van der Waals surface area contributed by atoms with E-state index < -0.39 is 35.9 Å². The van der Waals surface area contributed by atoms with Crippen LogP contribution in [-0.2, 0) is 17.4 Å². The van der Waals surface area contributed by atoms with Gasteiger partial charge in [-0.05, 0) is 63.2 Å². The lowest BCUT2D eigenvalue weighted by Crippen LogP contribution is -2.48. The number of carbonyl (C=O) groups is 3. The highest BCUT2D eigenvalue weighted by Gasteiger charge is 2.32. The summed E-state index contributed by atoms with van der Waals surface area (Å²) in [5, 5.41) is 17.9. The summed E-state index contributed by atoms with van der Waals surface area (Å²) in [4.78, 5) is 41.4. The first-order valence-electron chi connectivity index (χ1n) is 13.6. The highest BCUT2D eigenvalue weighted by molar-refractivity contribution is 5.90. The van der Waals surface area contributed by atoms with Crippen molar-refractivity contribution in [2.45, 2.75) is 58.5 Å². The molecule has 0 saturated carbocycles. The van der Waals surface area contributed by atoms with Crippen LogP contribution < -0.4 is 20.7 Å². The summed E-state index contributed by atoms with van der Waals surface area (Å²) in [5.74, 6) is -0.110. The molecular weight excluding hydrogens is 555 g/mol. The van der Waals surface area contributed by atoms with Crippen LogP contribution in [0.15, 0.2) is 42.5 Å². The number of carbonyl (C=O) groups excluding carboxylic acids is 3. The molecule has 0 aliphatic carbocycles. The summed E-state index contributed by atoms with van der Waals surface area (Å²) in [5.41, 5.74) is 0.356. The van der Waals surface area contributed by atoms with E-state index in [2.05, 4.69) is 16.0 Å². The van der Waals surface area contributed by atoms with E-state index in [9.17, 15) is 32.7 Å². The minimum Gasteiger partial charge on any atom is -0.488 e. The summed E-state index contributed by atoms with van der Waals surface area (Å²) in [7, 11) is 1.53. The van der Waals surface area contributed by atoms with E-state index in [0.717, 1.165) is 12.1 Å². The van der Waals surface area contributed by atoms with Gasteiger partial charge in [-0.3, -0.25) is 4.79 Å². The van der Waals surface area contributed by atoms with E-state index in [1.54, 1.807) is 30.0 Å². The smallest absolute Gasteiger partial charge is 0.416 e. The number of halogens is 3. The Morgan fingerprint density at radius 1 is 1.10 bits per heavy atom. The number of benzene rings is 2. The second-order valence-electron chi connectivity index (χ2n) is 10.8. The van der Waals surface area contributed by atoms with Gasteiger partial charge in [0.1, 0.15) is 11.9 Å². The van der Waals surface area contributed by atoms with Gasteiger partial charge in [0.15, 0.2) is 0 Å². The van der Waals surface area contributed by atoms with Crippen molar-refractivity contribution in [3.8, 4) is 5.75 Å². The van der Waals surface area contributed by atoms with Crippen LogP contribution >= 0.6 is 0 Å². The lowest BCUT2D eigenvalue weighted by atomic mass is 10.0. The topological polar surface area (TPSA) is 123 Å². The lowest BCUT2D eigenvalue weighted by Gasteiger charge is -2.34. The first-order chi connectivity index (χ1) is 19.7. The van der Waals surface area contributed by atoms with Crippen LogP contribution in [0.5, 0.6) is 5.75 Å². The Labute approximate surface area is 243 Å². The van der Waals surface area contributed by atoms with E-state index in [1.165, 1.54) is 24.1 Å². The van der Waals surface area contributed by atoms with Crippen LogP contribution in [0.4, 0.5) is 34.1 Å². The van der Waals surface area contributed by atoms with E-state index in [0.29, 0.717) is 17.0 Å². The third-order valence-electron chi connectivity index (χ3n) is 6.86. The molecule has 1 heterocycles. The number of nitrogens with zero attached hydrogens (tertiary/aromatic N) is 2. The molecule has 1 aliphatic heterocycles. The zero-order valence-corrected chi connectivity index (χ0v) is 24.3. The zero-order chi connectivity index (χ0) is 31.2. The third-order valence-corrected chi connectivity index (χ3v) is 6.86. The van der Waals surface area contributed by atoms with Crippen molar-refractivity contribution in [1.82, 2.24) is 15.1 Å². The number of alkyl halides is 3. The molecule has 0 fully saturated rings. The number of anilines is 2. The zero-order valence-electron chi connectivity index (χ0n) is 24.3. The average Bonchev–Trinajstić information content (AvgIpc) is 2.95. The van der Waals surface area contributed by atoms with Crippen LogP contribution in [0.25, 0.3) is 0 Å². The van der Waals surface area contributed by atoms with E-state index >= 15 is 0 Å². The molecule has 0 saturated heterocycles. The molecule has 0 unspecified atom stereocenters. The fraction of sp³-hybridized carbons (Fsp3) is 0.483. The standard InChI is InChI=1S/C29H38F3N5O5/c1-17(2)33-27(40)34-23-10-11-24-20(12-23)13-26(39)37(19(4)16-38)14-18(3)25(42-24)15-36(5)28(41)35-22-8-6-21(7-9-22)29(30,31)32/h6-12,17-19,25,38H,13-16H2,1-5H3,(H,35,41)(H2,33,34,40)/t18-,19+,25-/m1/s1. The quantitative estimate of drug-likeness (QED) is 0.375. The summed E-state index contributed by atoms with van der Waals surface area (Å²) in [6.45, 7) is 7.34. The van der Waals surface area contributed by atoms with Gasteiger partial charge in [0, 0.05) is 42.5 Å². The van der Waals surface area contributed by atoms with Crippen molar-refractivity contribution in [3.63, 3.8) is 0 Å². The van der Waals surface area contributed by atoms with Gasteiger partial charge in [0.25, 0.3) is 0 Å². The highest BCUT2D eigenvalue weighted by Crippen LogP contribution is 2.31. The molecule has 13 heteroatoms. The Bertz CT molecular complexity index is 1260. The first kappa shape index (κ1) is 32.5. The van der Waals surface area contributed by atoms with Crippen LogP contribution in [0.2, 0.25) is 0 Å².